The third-order valence-corrected chi connectivity index (χ3v) is 3.52. The van der Waals surface area contributed by atoms with Gasteiger partial charge >= 0.3 is 0 Å². The number of carbonyl (C=O) groups excluding carboxylic acids is 1. The molecule has 104 valence electrons. The SMILES string of the molecule is CCOc1ccc(C(CN2CCCC2=O)NC)cc1. The van der Waals surface area contributed by atoms with Crippen molar-refractivity contribution in [2.45, 2.75) is 25.8 Å². The first-order valence-corrected chi connectivity index (χ1v) is 6.92. The Hall–Kier alpha value is -1.55. The standard InChI is InChI=1S/C15H22N2O2/c1-3-19-13-8-6-12(7-9-13)14(16-2)11-17-10-4-5-15(17)18/h6-9,14,16H,3-5,10-11H2,1-2H3. The van der Waals surface area contributed by atoms with E-state index in [0.717, 1.165) is 25.3 Å². The van der Waals surface area contributed by atoms with Gasteiger partial charge in [-0.3, -0.25) is 4.79 Å². The van der Waals surface area contributed by atoms with Crippen LogP contribution >= 0.6 is 0 Å². The minimum atomic E-state index is 0.178. The Bertz CT molecular complexity index is 417. The molecule has 0 saturated carbocycles. The first-order chi connectivity index (χ1) is 9.24. The second kappa shape index (κ2) is 6.57. The number of nitrogens with zero attached hydrogens (tertiary/aromatic N) is 1. The number of rotatable bonds is 6. The summed E-state index contributed by atoms with van der Waals surface area (Å²) in [4.78, 5) is 13.6. The fraction of sp³-hybridized carbons (Fsp3) is 0.533. The van der Waals surface area contributed by atoms with Crippen molar-refractivity contribution >= 4 is 5.91 Å². The third kappa shape index (κ3) is 3.47. The highest BCUT2D eigenvalue weighted by Crippen LogP contribution is 2.20. The lowest BCUT2D eigenvalue weighted by molar-refractivity contribution is -0.128. The zero-order chi connectivity index (χ0) is 13.7. The summed E-state index contributed by atoms with van der Waals surface area (Å²) in [5, 5.41) is 3.28. The highest BCUT2D eigenvalue weighted by Gasteiger charge is 2.23. The average molecular weight is 262 g/mol. The van der Waals surface area contributed by atoms with Crippen LogP contribution < -0.4 is 10.1 Å². The highest BCUT2D eigenvalue weighted by molar-refractivity contribution is 5.78. The van der Waals surface area contributed by atoms with Gasteiger partial charge in [-0.2, -0.15) is 0 Å². The van der Waals surface area contributed by atoms with Gasteiger partial charge in [0, 0.05) is 25.6 Å². The second-order valence-corrected chi connectivity index (χ2v) is 4.79. The molecule has 1 aromatic carbocycles. The molecule has 1 aromatic rings. The molecule has 1 N–H and O–H groups in total. The van der Waals surface area contributed by atoms with Crippen LogP contribution in [0.1, 0.15) is 31.4 Å². The van der Waals surface area contributed by atoms with Crippen molar-refractivity contribution in [3.8, 4) is 5.75 Å². The molecular formula is C15H22N2O2. The zero-order valence-electron chi connectivity index (χ0n) is 11.7. The molecule has 1 amide bonds. The van der Waals surface area contributed by atoms with Gasteiger partial charge in [-0.05, 0) is 38.1 Å². The van der Waals surface area contributed by atoms with Gasteiger partial charge in [0.25, 0.3) is 0 Å². The maximum Gasteiger partial charge on any atom is 0.222 e. The number of likely N-dealkylation sites (N-methyl/N-ethyl adjacent to an activating group) is 1. The van der Waals surface area contributed by atoms with Crippen LogP contribution in [0.3, 0.4) is 0 Å². The summed E-state index contributed by atoms with van der Waals surface area (Å²) in [6.07, 6.45) is 1.68. The minimum absolute atomic E-state index is 0.178. The van der Waals surface area contributed by atoms with E-state index in [1.54, 1.807) is 0 Å². The van der Waals surface area contributed by atoms with E-state index >= 15 is 0 Å². The molecule has 0 spiro atoms. The minimum Gasteiger partial charge on any atom is -0.494 e. The molecule has 0 aliphatic carbocycles. The van der Waals surface area contributed by atoms with Crippen molar-refractivity contribution < 1.29 is 9.53 Å². The topological polar surface area (TPSA) is 41.6 Å². The molecule has 2 rings (SSSR count). The molecule has 19 heavy (non-hydrogen) atoms. The van der Waals surface area contributed by atoms with Crippen LogP contribution in [0.2, 0.25) is 0 Å². The normalized spacial score (nSPS) is 16.7. The molecule has 1 atom stereocenters. The smallest absolute Gasteiger partial charge is 0.222 e. The van der Waals surface area contributed by atoms with Crippen molar-refractivity contribution in [1.29, 1.82) is 0 Å². The Balaban J connectivity index is 2.02. The van der Waals surface area contributed by atoms with E-state index in [2.05, 4.69) is 17.4 Å². The average Bonchev–Trinajstić information content (AvgIpc) is 2.83. The fourth-order valence-electron chi connectivity index (χ4n) is 2.44. The van der Waals surface area contributed by atoms with Gasteiger partial charge in [0.1, 0.15) is 5.75 Å². The predicted octanol–water partition coefficient (Wildman–Crippen LogP) is 1.97. The molecule has 1 heterocycles. The molecule has 1 unspecified atom stereocenters. The van der Waals surface area contributed by atoms with Crippen molar-refractivity contribution in [3.05, 3.63) is 29.8 Å². The molecule has 0 radical (unpaired) electrons. The van der Waals surface area contributed by atoms with Gasteiger partial charge in [-0.15, -0.1) is 0 Å². The summed E-state index contributed by atoms with van der Waals surface area (Å²) in [7, 11) is 1.93. The Kier molecular flexibility index (Phi) is 4.80. The number of amides is 1. The summed E-state index contributed by atoms with van der Waals surface area (Å²) >= 11 is 0. The van der Waals surface area contributed by atoms with Crippen LogP contribution in [0.5, 0.6) is 5.75 Å². The van der Waals surface area contributed by atoms with Crippen molar-refractivity contribution in [1.82, 2.24) is 10.2 Å². The summed E-state index contributed by atoms with van der Waals surface area (Å²) in [6.45, 7) is 4.28. The summed E-state index contributed by atoms with van der Waals surface area (Å²) in [6, 6.07) is 8.27. The van der Waals surface area contributed by atoms with E-state index in [0.29, 0.717) is 13.0 Å². The number of hydrogen-bond acceptors (Lipinski definition) is 3. The van der Waals surface area contributed by atoms with E-state index in [9.17, 15) is 4.79 Å². The van der Waals surface area contributed by atoms with Gasteiger partial charge in [0.2, 0.25) is 5.91 Å². The maximum absolute atomic E-state index is 11.7. The number of nitrogens with one attached hydrogen (secondary N) is 1. The quantitative estimate of drug-likeness (QED) is 0.852. The van der Waals surface area contributed by atoms with Gasteiger partial charge in [-0.25, -0.2) is 0 Å². The fourth-order valence-corrected chi connectivity index (χ4v) is 2.44. The van der Waals surface area contributed by atoms with Crippen LogP contribution in [0, 0.1) is 0 Å². The zero-order valence-corrected chi connectivity index (χ0v) is 11.7. The Labute approximate surface area is 114 Å². The first-order valence-electron chi connectivity index (χ1n) is 6.92. The number of likely N-dealkylation sites (tertiary alicyclic amines) is 1. The van der Waals surface area contributed by atoms with E-state index in [1.165, 1.54) is 5.56 Å². The third-order valence-electron chi connectivity index (χ3n) is 3.52. The summed E-state index contributed by atoms with van der Waals surface area (Å²) in [5.41, 5.74) is 1.19. The maximum atomic E-state index is 11.7. The molecular weight excluding hydrogens is 240 g/mol. The Morgan fingerprint density at radius 3 is 2.63 bits per heavy atom. The van der Waals surface area contributed by atoms with Crippen molar-refractivity contribution in [3.63, 3.8) is 0 Å². The van der Waals surface area contributed by atoms with Crippen LogP contribution in [0.25, 0.3) is 0 Å². The van der Waals surface area contributed by atoms with Crippen molar-refractivity contribution in [2.24, 2.45) is 0 Å². The lowest BCUT2D eigenvalue weighted by atomic mass is 10.1. The number of carbonyl (C=O) groups is 1. The van der Waals surface area contributed by atoms with Gasteiger partial charge in [0.05, 0.1) is 6.61 Å². The number of ether oxygens (including phenoxy) is 1. The highest BCUT2D eigenvalue weighted by atomic mass is 16.5. The molecule has 1 fully saturated rings. The molecule has 1 saturated heterocycles. The van der Waals surface area contributed by atoms with Crippen LogP contribution in [-0.2, 0) is 4.79 Å². The first kappa shape index (κ1) is 13.9. The molecule has 1 aliphatic rings. The Morgan fingerprint density at radius 1 is 1.37 bits per heavy atom. The monoisotopic (exact) mass is 262 g/mol. The molecule has 4 heteroatoms. The van der Waals surface area contributed by atoms with Gasteiger partial charge in [-0.1, -0.05) is 12.1 Å². The van der Waals surface area contributed by atoms with Crippen LogP contribution in [-0.4, -0.2) is 37.6 Å². The van der Waals surface area contributed by atoms with Crippen LogP contribution in [0.15, 0.2) is 24.3 Å². The lowest BCUT2D eigenvalue weighted by Crippen LogP contribution is -2.34. The van der Waals surface area contributed by atoms with Gasteiger partial charge < -0.3 is 15.0 Å². The molecule has 4 nitrogen and oxygen atoms in total. The van der Waals surface area contributed by atoms with E-state index in [4.69, 9.17) is 4.74 Å². The predicted molar refractivity (Wildman–Crippen MR) is 75.2 cm³/mol. The molecule has 0 aromatic heterocycles. The largest absolute Gasteiger partial charge is 0.494 e. The lowest BCUT2D eigenvalue weighted by Gasteiger charge is -2.24. The summed E-state index contributed by atoms with van der Waals surface area (Å²) < 4.78 is 5.44. The molecule has 1 aliphatic heterocycles. The van der Waals surface area contributed by atoms with E-state index < -0.39 is 0 Å². The van der Waals surface area contributed by atoms with Gasteiger partial charge in [0.15, 0.2) is 0 Å². The number of hydrogen-bond donors (Lipinski definition) is 1. The summed E-state index contributed by atoms with van der Waals surface area (Å²) in [5.74, 6) is 1.16. The second-order valence-electron chi connectivity index (χ2n) is 4.79. The van der Waals surface area contributed by atoms with Crippen LogP contribution in [0.4, 0.5) is 0 Å². The van der Waals surface area contributed by atoms with E-state index in [-0.39, 0.29) is 11.9 Å². The van der Waals surface area contributed by atoms with E-state index in [1.807, 2.05) is 31.0 Å². The number of benzene rings is 1. The van der Waals surface area contributed by atoms with Crippen molar-refractivity contribution in [2.75, 3.05) is 26.7 Å². The molecule has 0 bridgehead atoms. The Morgan fingerprint density at radius 2 is 2.11 bits per heavy atom.